The minimum Gasteiger partial charge on any atom is -0.394 e. The lowest BCUT2D eigenvalue weighted by atomic mass is 9.94. The summed E-state index contributed by atoms with van der Waals surface area (Å²) in [6.07, 6.45) is -52.7. The number of carbonyl (C=O) groups excluding carboxylic acids is 3. The van der Waals surface area contributed by atoms with E-state index in [4.69, 9.17) is 56.8 Å². The van der Waals surface area contributed by atoms with Crippen molar-refractivity contribution in [1.82, 2.24) is 5.32 Å². The van der Waals surface area contributed by atoms with Crippen molar-refractivity contribution < 1.29 is 158 Å². The van der Waals surface area contributed by atoms with Crippen LogP contribution in [0, 0.1) is 0 Å². The Kier molecular flexibility index (Phi) is 25.8. The largest absolute Gasteiger partial charge is 0.394 e. The molecule has 0 spiro atoms. The second-order valence-electron chi connectivity index (χ2n) is 20.7. The molecular weight excluding hydrogens is 1100 g/mol. The lowest BCUT2D eigenvalue weighted by Crippen LogP contribution is -2.70. The summed E-state index contributed by atoms with van der Waals surface area (Å²) in [4.78, 5) is 36.6. The Morgan fingerprint density at radius 1 is 0.395 bits per heavy atom. The third-order valence-corrected chi connectivity index (χ3v) is 15.0. The molecular formula is C48H81NO32. The molecule has 0 aromatic rings. The van der Waals surface area contributed by atoms with Crippen LogP contribution >= 0.6 is 0 Å². The van der Waals surface area contributed by atoms with Gasteiger partial charge in [-0.25, -0.2) is 0 Å². The first kappa shape index (κ1) is 67.8. The van der Waals surface area contributed by atoms with E-state index >= 15 is 0 Å². The van der Waals surface area contributed by atoms with Crippen molar-refractivity contribution in [2.24, 2.45) is 0 Å². The van der Waals surface area contributed by atoms with E-state index in [1.807, 2.05) is 0 Å². The number of ether oxygens (including phenoxy) is 12. The van der Waals surface area contributed by atoms with Gasteiger partial charge in [0.15, 0.2) is 37.7 Å². The number of hydrogen-bond acceptors (Lipinski definition) is 32. The van der Waals surface area contributed by atoms with Crippen molar-refractivity contribution in [3.8, 4) is 0 Å². The van der Waals surface area contributed by atoms with Crippen LogP contribution in [0.25, 0.3) is 0 Å². The third-order valence-electron chi connectivity index (χ3n) is 15.0. The highest BCUT2D eigenvalue weighted by atomic mass is 16.8. The van der Waals surface area contributed by atoms with E-state index in [1.165, 1.54) is 6.92 Å². The molecule has 81 heavy (non-hydrogen) atoms. The first-order chi connectivity index (χ1) is 38.4. The smallest absolute Gasteiger partial charge is 0.217 e. The normalized spacial score (nSPS) is 46.0. The van der Waals surface area contributed by atoms with Gasteiger partial charge in [0.2, 0.25) is 5.91 Å². The van der Waals surface area contributed by atoms with Crippen LogP contribution < -0.4 is 5.32 Å². The van der Waals surface area contributed by atoms with Crippen molar-refractivity contribution in [2.75, 3.05) is 39.6 Å². The van der Waals surface area contributed by atoms with E-state index in [0.717, 1.165) is 6.92 Å². The Morgan fingerprint density at radius 3 is 1.37 bits per heavy atom. The molecule has 6 rings (SSSR count). The van der Waals surface area contributed by atoms with Gasteiger partial charge in [-0.2, -0.15) is 0 Å². The zero-order valence-electron chi connectivity index (χ0n) is 44.5. The van der Waals surface area contributed by atoms with Gasteiger partial charge in [-0.3, -0.25) is 14.4 Å². The monoisotopic (exact) mass is 1180 g/mol. The Bertz CT molecular complexity index is 1950. The second kappa shape index (κ2) is 30.8. The molecule has 0 saturated carbocycles. The van der Waals surface area contributed by atoms with E-state index in [2.05, 4.69) is 5.32 Å². The van der Waals surface area contributed by atoms with E-state index in [1.54, 1.807) is 6.92 Å². The summed E-state index contributed by atoms with van der Waals surface area (Å²) in [5.41, 5.74) is 0. The van der Waals surface area contributed by atoms with Crippen molar-refractivity contribution in [3.63, 3.8) is 0 Å². The SMILES string of the molecule is CCC(=O)CCCC(=O)CCCO[C@@H]1OC(CO)[C@H](O[C@@H]2OC(CO)[C@H](O[C@H]3OC(CO)[C@H](O)[C@H](O[C@@H]4OC(CO)[C@H](O)[C@H](O[C@@H]5OC(CO)[C@H](O)[C@H](O)C5O[C@@H]5OC(C)[C@@H](O)[C@H](O)C5O)C4NC(C)=O)C3O)[C@H](O)C2O)[C@H](O)C1O. The van der Waals surface area contributed by atoms with Crippen LogP contribution in [0.4, 0.5) is 0 Å². The Hall–Kier alpha value is -2.35. The van der Waals surface area contributed by atoms with Crippen LogP contribution in [-0.2, 0) is 71.2 Å². The van der Waals surface area contributed by atoms with Gasteiger partial charge in [-0.15, -0.1) is 0 Å². The molecule has 33 heteroatoms. The summed E-state index contributed by atoms with van der Waals surface area (Å²) in [6.45, 7) is -0.990. The number of carbonyl (C=O) groups is 3. The lowest BCUT2D eigenvalue weighted by molar-refractivity contribution is -0.393. The van der Waals surface area contributed by atoms with Gasteiger partial charge in [-0.1, -0.05) is 6.92 Å². The van der Waals surface area contributed by atoms with Gasteiger partial charge < -0.3 is 149 Å². The van der Waals surface area contributed by atoms with Gasteiger partial charge in [0.1, 0.15) is 152 Å². The summed E-state index contributed by atoms with van der Waals surface area (Å²) in [6, 6.07) is -1.80. The van der Waals surface area contributed by atoms with Gasteiger partial charge in [0.05, 0.1) is 45.7 Å². The zero-order chi connectivity index (χ0) is 59.7. The molecule has 6 aliphatic rings. The highest BCUT2D eigenvalue weighted by molar-refractivity contribution is 5.81. The molecule has 0 bridgehead atoms. The molecule has 470 valence electrons. The van der Waals surface area contributed by atoms with Crippen molar-refractivity contribution >= 4 is 17.5 Å². The third kappa shape index (κ3) is 16.0. The van der Waals surface area contributed by atoms with Gasteiger partial charge in [0.25, 0.3) is 0 Å². The number of aliphatic hydroxyl groups excluding tert-OH is 17. The molecule has 0 radical (unpaired) electrons. The highest BCUT2D eigenvalue weighted by Gasteiger charge is 2.58. The summed E-state index contributed by atoms with van der Waals surface area (Å²) in [7, 11) is 0. The molecule has 0 aromatic heterocycles. The van der Waals surface area contributed by atoms with Crippen LogP contribution in [0.3, 0.4) is 0 Å². The van der Waals surface area contributed by atoms with Crippen LogP contribution in [0.1, 0.15) is 59.3 Å². The van der Waals surface area contributed by atoms with Crippen LogP contribution in [0.5, 0.6) is 0 Å². The number of rotatable bonds is 26. The van der Waals surface area contributed by atoms with Crippen LogP contribution in [-0.4, -0.2) is 328 Å². The number of amides is 1. The predicted molar refractivity (Wildman–Crippen MR) is 256 cm³/mol. The highest BCUT2D eigenvalue weighted by Crippen LogP contribution is 2.37. The van der Waals surface area contributed by atoms with Gasteiger partial charge >= 0.3 is 0 Å². The molecule has 12 unspecified atom stereocenters. The van der Waals surface area contributed by atoms with Crippen molar-refractivity contribution in [3.05, 3.63) is 0 Å². The van der Waals surface area contributed by atoms with E-state index < -0.39 is 223 Å². The lowest BCUT2D eigenvalue weighted by Gasteiger charge is -2.51. The van der Waals surface area contributed by atoms with Crippen LogP contribution in [0.2, 0.25) is 0 Å². The average Bonchev–Trinajstić information content (AvgIpc) is 3.45. The minimum atomic E-state index is -2.24. The fraction of sp³-hybridized carbons (Fsp3) is 0.938. The van der Waals surface area contributed by atoms with Crippen molar-refractivity contribution in [1.29, 1.82) is 0 Å². The summed E-state index contributed by atoms with van der Waals surface area (Å²) in [5.74, 6) is -0.953. The van der Waals surface area contributed by atoms with Gasteiger partial charge in [-0.05, 0) is 19.8 Å². The number of hydrogen-bond donors (Lipinski definition) is 18. The number of nitrogens with one attached hydrogen (secondary N) is 1. The topological polar surface area (TPSA) is 518 Å². The first-order valence-corrected chi connectivity index (χ1v) is 26.8. The maximum absolute atomic E-state index is 12.8. The quantitative estimate of drug-likeness (QED) is 0.0358. The standard InChI is InChI=1S/C48H81NO32/c1-4-18(56)7-5-8-19(57)9-6-10-70-44-35(67)32(64)38(23(14-53)75-44)77-46-36(68)33(65)39(24(15-54)76-46)78-47-37(69)41(29(61)22(13-52)73-47)80-43-25(49-17(3)55)40(28(60)21(12-51)72-43)79-48-42(31(63)27(59)20(11-50)74-48)81-45-34(66)30(62)26(58)16(2)71-45/h16,20-48,50-54,58-69H,4-15H2,1-3H3,(H,49,55)/t16?,20?,21?,22?,23?,24?,25?,26-,27+,28+,29+,30+,31+,32-,33-,34?,35?,36?,37?,38+,39+,40-,41+,42?,43+,44-,45+,46+,47-,48+/m1/s1. The number of Topliss-reactive ketones (excluding diaryl/α,β-unsaturated/α-hetero) is 2. The molecule has 6 fully saturated rings. The molecule has 0 aliphatic carbocycles. The summed E-state index contributed by atoms with van der Waals surface area (Å²) >= 11 is 0. The summed E-state index contributed by atoms with van der Waals surface area (Å²) < 4.78 is 69.2. The fourth-order valence-electron chi connectivity index (χ4n) is 10.2. The average molecular weight is 1180 g/mol. The Balaban J connectivity index is 1.15. The van der Waals surface area contributed by atoms with E-state index in [9.17, 15) is 101 Å². The predicted octanol–water partition coefficient (Wildman–Crippen LogP) is -10.4. The fourth-order valence-corrected chi connectivity index (χ4v) is 10.2. The summed E-state index contributed by atoms with van der Waals surface area (Å²) in [5, 5.41) is 187. The number of aliphatic hydroxyl groups is 17. The van der Waals surface area contributed by atoms with Crippen LogP contribution in [0.15, 0.2) is 0 Å². The zero-order valence-corrected chi connectivity index (χ0v) is 44.5. The molecule has 1 amide bonds. The Morgan fingerprint density at radius 2 is 0.802 bits per heavy atom. The van der Waals surface area contributed by atoms with E-state index in [-0.39, 0.29) is 43.9 Å². The van der Waals surface area contributed by atoms with E-state index in [0.29, 0.717) is 12.8 Å². The maximum Gasteiger partial charge on any atom is 0.217 e. The van der Waals surface area contributed by atoms with Crippen molar-refractivity contribution in [2.45, 2.75) is 243 Å². The first-order valence-electron chi connectivity index (χ1n) is 26.8. The Labute approximate surface area is 463 Å². The molecule has 30 atom stereocenters. The van der Waals surface area contributed by atoms with Gasteiger partial charge in [0, 0.05) is 32.6 Å². The molecule has 6 saturated heterocycles. The molecule has 0 aromatic carbocycles. The molecule has 6 aliphatic heterocycles. The second-order valence-corrected chi connectivity index (χ2v) is 20.7. The molecule has 6 heterocycles. The molecule has 33 nitrogen and oxygen atoms in total. The maximum atomic E-state index is 12.8. The number of ketones is 2. The molecule has 18 N–H and O–H groups in total. The minimum absolute atomic E-state index is 0.0370.